The molecule has 0 aliphatic carbocycles. The minimum absolute atomic E-state index is 0.0817. The molecular formula is C79H144O17P2. The number of hydrogen-bond donors (Lipinski definition) is 3. The van der Waals surface area contributed by atoms with Crippen molar-refractivity contribution in [3.63, 3.8) is 0 Å². The number of unbranched alkanes of at least 4 members (excludes halogenated alkanes) is 39. The zero-order chi connectivity index (χ0) is 71.8. The van der Waals surface area contributed by atoms with Gasteiger partial charge in [0.2, 0.25) is 0 Å². The summed E-state index contributed by atoms with van der Waals surface area (Å²) >= 11 is 0. The Kier molecular flexibility index (Phi) is 69.7. The molecule has 0 aromatic heterocycles. The Bertz CT molecular complexity index is 2100. The lowest BCUT2D eigenvalue weighted by molar-refractivity contribution is -0.161. The van der Waals surface area contributed by atoms with Gasteiger partial charge in [0.15, 0.2) is 12.2 Å². The van der Waals surface area contributed by atoms with Gasteiger partial charge in [-0.1, -0.05) is 262 Å². The Morgan fingerprint density at radius 2 is 0.500 bits per heavy atom. The van der Waals surface area contributed by atoms with Gasteiger partial charge in [-0.2, -0.15) is 0 Å². The van der Waals surface area contributed by atoms with Crippen molar-refractivity contribution in [1.82, 2.24) is 0 Å². The van der Waals surface area contributed by atoms with Crippen LogP contribution in [0.4, 0.5) is 0 Å². The number of esters is 4. The fourth-order valence-electron chi connectivity index (χ4n) is 10.8. The van der Waals surface area contributed by atoms with E-state index in [2.05, 4.69) is 88.5 Å². The summed E-state index contributed by atoms with van der Waals surface area (Å²) in [7, 11) is -9.95. The monoisotopic (exact) mass is 1430 g/mol. The summed E-state index contributed by atoms with van der Waals surface area (Å²) < 4.78 is 68.5. The van der Waals surface area contributed by atoms with Crippen LogP contribution < -0.4 is 0 Å². The molecule has 0 amide bonds. The van der Waals surface area contributed by atoms with Crippen LogP contribution >= 0.6 is 15.6 Å². The molecule has 3 N–H and O–H groups in total. The maximum absolute atomic E-state index is 13.1. The first-order valence-corrected chi connectivity index (χ1v) is 42.5. The fourth-order valence-corrected chi connectivity index (χ4v) is 12.4. The number of aliphatic hydroxyl groups excluding tert-OH is 1. The topological polar surface area (TPSA) is 237 Å². The van der Waals surface area contributed by atoms with E-state index in [9.17, 15) is 43.2 Å². The number of carbonyl (C=O) groups excluding carboxylic acids is 4. The van der Waals surface area contributed by atoms with E-state index in [0.717, 1.165) is 161 Å². The summed E-state index contributed by atoms with van der Waals surface area (Å²) in [6.07, 6.45) is 70.5. The van der Waals surface area contributed by atoms with E-state index >= 15 is 0 Å². The van der Waals surface area contributed by atoms with Crippen molar-refractivity contribution in [3.05, 3.63) is 60.8 Å². The summed E-state index contributed by atoms with van der Waals surface area (Å²) in [5.74, 6) is -2.18. The largest absolute Gasteiger partial charge is 0.472 e. The zero-order valence-corrected chi connectivity index (χ0v) is 64.3. The first-order chi connectivity index (χ1) is 47.7. The van der Waals surface area contributed by atoms with Crippen LogP contribution in [0, 0.1) is 0 Å². The molecule has 572 valence electrons. The van der Waals surface area contributed by atoms with Gasteiger partial charge in [-0.3, -0.25) is 37.3 Å². The normalized spacial score (nSPS) is 14.2. The van der Waals surface area contributed by atoms with Gasteiger partial charge in [-0.25, -0.2) is 9.13 Å². The van der Waals surface area contributed by atoms with Crippen molar-refractivity contribution in [1.29, 1.82) is 0 Å². The molecule has 0 heterocycles. The molecule has 17 nitrogen and oxygen atoms in total. The molecular weight excluding hydrogens is 1280 g/mol. The van der Waals surface area contributed by atoms with Crippen molar-refractivity contribution in [2.75, 3.05) is 39.6 Å². The van der Waals surface area contributed by atoms with E-state index in [-0.39, 0.29) is 25.7 Å². The second kappa shape index (κ2) is 72.1. The predicted octanol–water partition coefficient (Wildman–Crippen LogP) is 22.7. The molecule has 0 bridgehead atoms. The van der Waals surface area contributed by atoms with Crippen LogP contribution in [0.5, 0.6) is 0 Å². The fraction of sp³-hybridized carbons (Fsp3) is 0.823. The third-order valence-corrected chi connectivity index (χ3v) is 18.8. The smallest absolute Gasteiger partial charge is 0.462 e. The molecule has 0 aromatic carbocycles. The van der Waals surface area contributed by atoms with Crippen LogP contribution in [0.15, 0.2) is 60.8 Å². The van der Waals surface area contributed by atoms with Crippen LogP contribution in [-0.4, -0.2) is 96.7 Å². The Labute approximate surface area is 597 Å². The average Bonchev–Trinajstić information content (AvgIpc) is 0.984. The molecule has 98 heavy (non-hydrogen) atoms. The Hall–Kier alpha value is -3.24. The minimum Gasteiger partial charge on any atom is -0.462 e. The Balaban J connectivity index is 5.34. The van der Waals surface area contributed by atoms with Gasteiger partial charge >= 0.3 is 39.5 Å². The number of phosphoric acid groups is 2. The van der Waals surface area contributed by atoms with Gasteiger partial charge < -0.3 is 33.8 Å². The number of phosphoric ester groups is 2. The second-order valence-electron chi connectivity index (χ2n) is 26.6. The molecule has 0 fully saturated rings. The highest BCUT2D eigenvalue weighted by molar-refractivity contribution is 7.47. The predicted molar refractivity (Wildman–Crippen MR) is 400 cm³/mol. The number of carbonyl (C=O) groups is 4. The molecule has 0 aromatic rings. The van der Waals surface area contributed by atoms with Gasteiger partial charge in [0.25, 0.3) is 0 Å². The van der Waals surface area contributed by atoms with Crippen molar-refractivity contribution >= 4 is 39.5 Å². The standard InChI is InChI=1S/C79H144O17P2/c1-5-9-13-17-21-25-29-33-36-40-43-47-51-55-59-63-76(81)89-69-74(95-78(83)65-61-57-53-49-45-39-32-28-24-20-16-12-8-4)71-93-97(85,86)91-67-73(80)68-92-98(87,88)94-72-75(96-79(84)66-62-58-54-50-46-42-38-35-31-27-23-19-15-11-7-3)70-90-77(82)64-60-56-52-48-44-41-37-34-30-26-22-18-14-10-6-2/h23,26-28,30,32-33,35-36,38,73-75,80H,5-22,24-25,29,31,34,37,39-72H2,1-4H3,(H,85,86)(H,87,88)/b27-23-,30-26-,32-28-,36-33-,38-35-/t73-,74-,75-/m1/s1. The number of aliphatic hydroxyl groups is 1. The van der Waals surface area contributed by atoms with Crippen LogP contribution in [-0.2, 0) is 65.4 Å². The van der Waals surface area contributed by atoms with E-state index < -0.39 is 97.5 Å². The van der Waals surface area contributed by atoms with Gasteiger partial charge in [-0.15, -0.1) is 0 Å². The number of ether oxygens (including phenoxy) is 4. The highest BCUT2D eigenvalue weighted by Crippen LogP contribution is 2.45. The maximum Gasteiger partial charge on any atom is 0.472 e. The molecule has 0 spiro atoms. The van der Waals surface area contributed by atoms with E-state index in [1.807, 2.05) is 0 Å². The Morgan fingerprint density at radius 1 is 0.286 bits per heavy atom. The van der Waals surface area contributed by atoms with Crippen LogP contribution in [0.3, 0.4) is 0 Å². The zero-order valence-electron chi connectivity index (χ0n) is 62.5. The molecule has 0 radical (unpaired) electrons. The summed E-state index contributed by atoms with van der Waals surface area (Å²) in [6, 6.07) is 0. The third kappa shape index (κ3) is 71.2. The van der Waals surface area contributed by atoms with Crippen LogP contribution in [0.2, 0.25) is 0 Å². The van der Waals surface area contributed by atoms with E-state index in [0.29, 0.717) is 25.7 Å². The maximum atomic E-state index is 13.1. The summed E-state index contributed by atoms with van der Waals surface area (Å²) in [5, 5.41) is 10.6. The molecule has 0 aliphatic heterocycles. The molecule has 2 unspecified atom stereocenters. The number of rotatable bonds is 75. The quantitative estimate of drug-likeness (QED) is 0.0169. The highest BCUT2D eigenvalue weighted by atomic mass is 31.2. The third-order valence-electron chi connectivity index (χ3n) is 16.9. The highest BCUT2D eigenvalue weighted by Gasteiger charge is 2.30. The second-order valence-corrected chi connectivity index (χ2v) is 29.5. The molecule has 0 rings (SSSR count). The first kappa shape index (κ1) is 94.8. The average molecular weight is 1430 g/mol. The number of allylic oxidation sites excluding steroid dienone is 10. The first-order valence-electron chi connectivity index (χ1n) is 39.5. The summed E-state index contributed by atoms with van der Waals surface area (Å²) in [4.78, 5) is 72.9. The molecule has 0 saturated carbocycles. The minimum atomic E-state index is -4.97. The van der Waals surface area contributed by atoms with E-state index in [4.69, 9.17) is 37.0 Å². The molecule has 19 heteroatoms. The van der Waals surface area contributed by atoms with E-state index in [1.165, 1.54) is 122 Å². The SMILES string of the molecule is CCCCC/C=C\C/C=C\CCCCCCCC(=O)O[C@H](COC(=O)CCCCCCCCC/C=C\CCCCCC)COP(=O)(O)OC[C@H](O)COP(=O)(O)OC[C@@H](COC(=O)CCCCCCC/C=C\CCCCCCCC)OC(=O)CCCCCCC/C=C\CCCCCC. The van der Waals surface area contributed by atoms with Gasteiger partial charge in [0, 0.05) is 25.7 Å². The van der Waals surface area contributed by atoms with Crippen LogP contribution in [0.1, 0.15) is 362 Å². The van der Waals surface area contributed by atoms with Crippen LogP contribution in [0.25, 0.3) is 0 Å². The molecule has 0 saturated heterocycles. The van der Waals surface area contributed by atoms with Crippen molar-refractivity contribution in [2.45, 2.75) is 380 Å². The van der Waals surface area contributed by atoms with Gasteiger partial charge in [-0.05, 0) is 135 Å². The Morgan fingerprint density at radius 3 is 0.796 bits per heavy atom. The molecule has 0 aliphatic rings. The van der Waals surface area contributed by atoms with E-state index in [1.54, 1.807) is 0 Å². The lowest BCUT2D eigenvalue weighted by Crippen LogP contribution is -2.30. The number of hydrogen-bond acceptors (Lipinski definition) is 15. The van der Waals surface area contributed by atoms with Gasteiger partial charge in [0.1, 0.15) is 19.3 Å². The summed E-state index contributed by atoms with van der Waals surface area (Å²) in [5.41, 5.74) is 0. The van der Waals surface area contributed by atoms with Gasteiger partial charge in [0.05, 0.1) is 26.4 Å². The van der Waals surface area contributed by atoms with Crippen molar-refractivity contribution < 1.29 is 80.2 Å². The van der Waals surface area contributed by atoms with Crippen molar-refractivity contribution in [3.8, 4) is 0 Å². The lowest BCUT2D eigenvalue weighted by Gasteiger charge is -2.21. The molecule has 5 atom stereocenters. The lowest BCUT2D eigenvalue weighted by atomic mass is 10.1. The van der Waals surface area contributed by atoms with Crippen molar-refractivity contribution in [2.24, 2.45) is 0 Å². The summed E-state index contributed by atoms with van der Waals surface area (Å²) in [6.45, 7) is 4.83.